The summed E-state index contributed by atoms with van der Waals surface area (Å²) in [7, 11) is 0. The number of nitrogens with zero attached hydrogens (tertiary/aromatic N) is 1. The van der Waals surface area contributed by atoms with Gasteiger partial charge in [0.1, 0.15) is 6.07 Å². The van der Waals surface area contributed by atoms with Gasteiger partial charge in [0.25, 0.3) is 5.91 Å². The van der Waals surface area contributed by atoms with E-state index in [1.165, 1.54) is 24.3 Å². The second-order valence-corrected chi connectivity index (χ2v) is 7.20. The van der Waals surface area contributed by atoms with Gasteiger partial charge in [-0.1, -0.05) is 12.1 Å². The molecule has 0 fully saturated rings. The molecule has 1 atom stereocenters. The van der Waals surface area contributed by atoms with Gasteiger partial charge in [0.15, 0.2) is 6.10 Å². The number of hydrogen-bond acceptors (Lipinski definition) is 5. The van der Waals surface area contributed by atoms with Crippen molar-refractivity contribution in [3.05, 3.63) is 56.7 Å². The minimum atomic E-state index is -0.982. The maximum absolute atomic E-state index is 12.1. The third-order valence-electron chi connectivity index (χ3n) is 2.95. The van der Waals surface area contributed by atoms with Crippen LogP contribution in [0.5, 0.6) is 0 Å². The first-order chi connectivity index (χ1) is 11.5. The van der Waals surface area contributed by atoms with Gasteiger partial charge in [-0.3, -0.25) is 4.79 Å². The maximum Gasteiger partial charge on any atom is 0.331 e. The number of amides is 1. The Morgan fingerprint density at radius 1 is 1.33 bits per heavy atom. The minimum Gasteiger partial charge on any atom is -0.449 e. The van der Waals surface area contributed by atoms with Gasteiger partial charge in [-0.15, -0.1) is 11.3 Å². The van der Waals surface area contributed by atoms with Gasteiger partial charge in [0, 0.05) is 11.0 Å². The highest BCUT2D eigenvalue weighted by atomic mass is 79.9. The summed E-state index contributed by atoms with van der Waals surface area (Å²) < 4.78 is 6.02. The number of esters is 1. The number of rotatable bonds is 5. The molecule has 1 N–H and O–H groups in total. The van der Waals surface area contributed by atoms with E-state index in [9.17, 15) is 9.59 Å². The second kappa shape index (κ2) is 8.43. The van der Waals surface area contributed by atoms with Gasteiger partial charge in [0.2, 0.25) is 0 Å². The molecular formula is C17H13BrN2O3S. The van der Waals surface area contributed by atoms with Crippen LogP contribution in [0.15, 0.2) is 46.3 Å². The Morgan fingerprint density at radius 2 is 2.08 bits per heavy atom. The standard InChI is InChI=1S/C17H13BrN2O3S/c1-11(17(22)20-14-5-3-2-4-12(14)10-19)23-16(21)9-7-13-6-8-15(18)24-13/h2-9,11H,1H3,(H,20,22)/b9-7+/t11-/m1/s1. The molecule has 0 unspecified atom stereocenters. The fraction of sp³-hybridized carbons (Fsp3) is 0.118. The second-order valence-electron chi connectivity index (χ2n) is 4.70. The number of ether oxygens (including phenoxy) is 1. The summed E-state index contributed by atoms with van der Waals surface area (Å²) in [5.74, 6) is -1.12. The van der Waals surface area contributed by atoms with Crippen LogP contribution in [0, 0.1) is 11.3 Å². The zero-order valence-electron chi connectivity index (χ0n) is 12.7. The average molecular weight is 405 g/mol. The molecule has 0 radical (unpaired) electrons. The summed E-state index contributed by atoms with van der Waals surface area (Å²) in [5.41, 5.74) is 0.722. The molecule has 2 rings (SSSR count). The SMILES string of the molecule is C[C@@H](OC(=O)/C=C/c1ccc(Br)s1)C(=O)Nc1ccccc1C#N. The fourth-order valence-electron chi connectivity index (χ4n) is 1.76. The third-order valence-corrected chi connectivity index (χ3v) is 4.53. The van der Waals surface area contributed by atoms with Crippen LogP contribution < -0.4 is 5.32 Å². The highest BCUT2D eigenvalue weighted by Gasteiger charge is 2.17. The minimum absolute atomic E-state index is 0.340. The van der Waals surface area contributed by atoms with E-state index in [0.29, 0.717) is 11.3 Å². The first-order valence-corrected chi connectivity index (χ1v) is 8.54. The molecule has 0 saturated carbocycles. The van der Waals surface area contributed by atoms with Crippen LogP contribution in [0.25, 0.3) is 6.08 Å². The zero-order valence-corrected chi connectivity index (χ0v) is 15.1. The molecule has 2 aromatic rings. The number of thiophene rings is 1. The Kier molecular flexibility index (Phi) is 6.29. The third kappa shape index (κ3) is 5.05. The predicted octanol–water partition coefficient (Wildman–Crippen LogP) is 3.97. The molecule has 122 valence electrons. The van der Waals surface area contributed by atoms with E-state index >= 15 is 0 Å². The summed E-state index contributed by atoms with van der Waals surface area (Å²) in [6.07, 6.45) is 1.91. The molecular weight excluding hydrogens is 392 g/mol. The van der Waals surface area contributed by atoms with Crippen molar-refractivity contribution < 1.29 is 14.3 Å². The van der Waals surface area contributed by atoms with Crippen LogP contribution in [0.3, 0.4) is 0 Å². The molecule has 0 bridgehead atoms. The molecule has 0 aliphatic carbocycles. The summed E-state index contributed by atoms with van der Waals surface area (Å²) in [5, 5.41) is 11.6. The van der Waals surface area contributed by atoms with E-state index in [1.54, 1.807) is 30.3 Å². The molecule has 1 aromatic carbocycles. The Bertz CT molecular complexity index is 823. The van der Waals surface area contributed by atoms with Crippen LogP contribution in [0.4, 0.5) is 5.69 Å². The molecule has 0 spiro atoms. The molecule has 1 heterocycles. The number of halogens is 1. The molecule has 5 nitrogen and oxygen atoms in total. The van der Waals surface area contributed by atoms with E-state index in [-0.39, 0.29) is 0 Å². The maximum atomic E-state index is 12.1. The topological polar surface area (TPSA) is 79.2 Å². The van der Waals surface area contributed by atoms with E-state index in [4.69, 9.17) is 10.00 Å². The smallest absolute Gasteiger partial charge is 0.331 e. The van der Waals surface area contributed by atoms with Crippen LogP contribution >= 0.6 is 27.3 Å². The quantitative estimate of drug-likeness (QED) is 0.603. The van der Waals surface area contributed by atoms with Crippen molar-refractivity contribution >= 4 is 50.9 Å². The number of carbonyl (C=O) groups excluding carboxylic acids is 2. The van der Waals surface area contributed by atoms with Crippen molar-refractivity contribution in [2.75, 3.05) is 5.32 Å². The van der Waals surface area contributed by atoms with Crippen molar-refractivity contribution in [1.82, 2.24) is 0 Å². The van der Waals surface area contributed by atoms with Crippen LogP contribution in [-0.2, 0) is 14.3 Å². The Balaban J connectivity index is 1.92. The molecule has 0 aliphatic heterocycles. The number of nitriles is 1. The largest absolute Gasteiger partial charge is 0.449 e. The number of hydrogen-bond donors (Lipinski definition) is 1. The molecule has 24 heavy (non-hydrogen) atoms. The summed E-state index contributed by atoms with van der Waals surface area (Å²) in [6.45, 7) is 1.47. The van der Waals surface area contributed by atoms with E-state index in [2.05, 4.69) is 21.2 Å². The van der Waals surface area contributed by atoms with Crippen LogP contribution in [0.1, 0.15) is 17.4 Å². The van der Waals surface area contributed by atoms with Crippen molar-refractivity contribution in [3.8, 4) is 6.07 Å². The molecule has 0 aliphatic rings. The summed E-state index contributed by atoms with van der Waals surface area (Å²) >= 11 is 4.81. The molecule has 7 heteroatoms. The molecule has 1 aromatic heterocycles. The predicted molar refractivity (Wildman–Crippen MR) is 96.4 cm³/mol. The van der Waals surface area contributed by atoms with E-state index in [0.717, 1.165) is 8.66 Å². The van der Waals surface area contributed by atoms with Crippen molar-refractivity contribution in [2.45, 2.75) is 13.0 Å². The van der Waals surface area contributed by atoms with Gasteiger partial charge in [-0.05, 0) is 53.2 Å². The van der Waals surface area contributed by atoms with Crippen LogP contribution in [0.2, 0.25) is 0 Å². The number of nitrogens with one attached hydrogen (secondary N) is 1. The number of carbonyl (C=O) groups is 2. The first-order valence-electron chi connectivity index (χ1n) is 6.93. The first kappa shape index (κ1) is 17.9. The Morgan fingerprint density at radius 3 is 2.75 bits per heavy atom. The van der Waals surface area contributed by atoms with E-state index in [1.807, 2.05) is 18.2 Å². The van der Waals surface area contributed by atoms with Crippen molar-refractivity contribution in [3.63, 3.8) is 0 Å². The Labute approximate surface area is 151 Å². The van der Waals surface area contributed by atoms with Crippen molar-refractivity contribution in [1.29, 1.82) is 5.26 Å². The van der Waals surface area contributed by atoms with Gasteiger partial charge in [-0.25, -0.2) is 4.79 Å². The highest BCUT2D eigenvalue weighted by molar-refractivity contribution is 9.11. The zero-order chi connectivity index (χ0) is 17.5. The van der Waals surface area contributed by atoms with E-state index < -0.39 is 18.0 Å². The number of benzene rings is 1. The average Bonchev–Trinajstić information content (AvgIpc) is 2.99. The lowest BCUT2D eigenvalue weighted by molar-refractivity contribution is -0.148. The molecule has 1 amide bonds. The van der Waals surface area contributed by atoms with Gasteiger partial charge >= 0.3 is 5.97 Å². The lowest BCUT2D eigenvalue weighted by Gasteiger charge is -2.13. The fourth-order valence-corrected chi connectivity index (χ4v) is 3.09. The van der Waals surface area contributed by atoms with Gasteiger partial charge in [-0.2, -0.15) is 5.26 Å². The number of para-hydroxylation sites is 1. The van der Waals surface area contributed by atoms with Gasteiger partial charge < -0.3 is 10.1 Å². The number of anilines is 1. The summed E-state index contributed by atoms with van der Waals surface area (Å²) in [6, 6.07) is 12.3. The molecule has 0 saturated heterocycles. The Hall–Kier alpha value is -2.43. The lowest BCUT2D eigenvalue weighted by Crippen LogP contribution is -2.29. The normalized spacial score (nSPS) is 11.7. The van der Waals surface area contributed by atoms with Crippen molar-refractivity contribution in [2.24, 2.45) is 0 Å². The monoisotopic (exact) mass is 404 g/mol. The van der Waals surface area contributed by atoms with Gasteiger partial charge in [0.05, 0.1) is 15.0 Å². The van der Waals surface area contributed by atoms with Crippen LogP contribution in [-0.4, -0.2) is 18.0 Å². The lowest BCUT2D eigenvalue weighted by atomic mass is 10.2. The highest BCUT2D eigenvalue weighted by Crippen LogP contribution is 2.23. The summed E-state index contributed by atoms with van der Waals surface area (Å²) in [4.78, 5) is 24.7.